The lowest BCUT2D eigenvalue weighted by molar-refractivity contribution is -0.115. The fourth-order valence-corrected chi connectivity index (χ4v) is 2.55. The molecule has 8 nitrogen and oxygen atoms in total. The molecule has 1 aliphatic heterocycles. The maximum Gasteiger partial charge on any atom is 0.318 e. The van der Waals surface area contributed by atoms with Gasteiger partial charge in [-0.3, -0.25) is 4.57 Å². The number of alkyl halides is 1. The average Bonchev–Trinajstić information content (AvgIpc) is 3.03. The van der Waals surface area contributed by atoms with Crippen molar-refractivity contribution in [3.8, 4) is 6.01 Å². The summed E-state index contributed by atoms with van der Waals surface area (Å²) in [6.45, 7) is 2.68. The predicted octanol–water partition coefficient (Wildman–Crippen LogP) is 0.122. The van der Waals surface area contributed by atoms with Gasteiger partial charge in [-0.25, -0.2) is 9.37 Å². The molecule has 4 atom stereocenters. The Morgan fingerprint density at radius 3 is 2.82 bits per heavy atom. The third-order valence-electron chi connectivity index (χ3n) is 3.94. The Morgan fingerprint density at radius 1 is 1.50 bits per heavy atom. The number of aryl methyl sites for hydroxylation is 1. The highest BCUT2D eigenvalue weighted by atomic mass is 19.1. The van der Waals surface area contributed by atoms with Gasteiger partial charge in [0.2, 0.25) is 0 Å². The first-order chi connectivity index (χ1) is 10.4. The van der Waals surface area contributed by atoms with Crippen molar-refractivity contribution >= 4 is 11.2 Å². The molecule has 0 spiro atoms. The molecule has 2 N–H and O–H groups in total. The number of aliphatic hydroxyl groups is 2. The molecule has 120 valence electrons. The van der Waals surface area contributed by atoms with Crippen LogP contribution >= 0.6 is 0 Å². The first-order valence-corrected chi connectivity index (χ1v) is 6.77. The molecule has 2 aromatic rings. The molecule has 2 aromatic heterocycles. The molecule has 0 unspecified atom stereocenters. The second kappa shape index (κ2) is 5.11. The van der Waals surface area contributed by atoms with E-state index in [1.54, 1.807) is 6.92 Å². The summed E-state index contributed by atoms with van der Waals surface area (Å²) in [4.78, 5) is 12.4. The van der Waals surface area contributed by atoms with E-state index >= 15 is 0 Å². The van der Waals surface area contributed by atoms with Crippen LogP contribution in [0.3, 0.4) is 0 Å². The number of fused-ring (bicyclic) bond motifs is 1. The van der Waals surface area contributed by atoms with Crippen molar-refractivity contribution in [1.29, 1.82) is 0 Å². The molecule has 3 rings (SSSR count). The van der Waals surface area contributed by atoms with E-state index in [1.165, 1.54) is 24.9 Å². The number of rotatable bonds is 3. The number of halogens is 1. The number of nitrogens with zero attached hydrogens (tertiary/aromatic N) is 4. The summed E-state index contributed by atoms with van der Waals surface area (Å²) in [6.07, 6.45) is -2.95. The summed E-state index contributed by atoms with van der Waals surface area (Å²) in [5, 5.41) is 19.3. The molecular weight excluding hydrogens is 295 g/mol. The number of aromatic nitrogens is 4. The minimum absolute atomic E-state index is 0.130. The normalized spacial score (nSPS) is 31.8. The van der Waals surface area contributed by atoms with Crippen LogP contribution in [-0.4, -0.2) is 61.3 Å². The third-order valence-corrected chi connectivity index (χ3v) is 3.94. The minimum atomic E-state index is -1.73. The van der Waals surface area contributed by atoms with Crippen molar-refractivity contribution in [2.45, 2.75) is 38.0 Å². The van der Waals surface area contributed by atoms with Crippen LogP contribution in [0.5, 0.6) is 6.01 Å². The quantitative estimate of drug-likeness (QED) is 0.830. The second-order valence-electron chi connectivity index (χ2n) is 5.49. The van der Waals surface area contributed by atoms with Gasteiger partial charge in [0.05, 0.1) is 25.7 Å². The second-order valence-corrected chi connectivity index (χ2v) is 5.49. The Hall–Kier alpha value is -1.84. The lowest BCUT2D eigenvalue weighted by Gasteiger charge is -2.24. The molecule has 22 heavy (non-hydrogen) atoms. The van der Waals surface area contributed by atoms with Crippen LogP contribution in [0, 0.1) is 6.92 Å². The summed E-state index contributed by atoms with van der Waals surface area (Å²) < 4.78 is 26.4. The van der Waals surface area contributed by atoms with E-state index in [1.807, 2.05) is 0 Å². The molecule has 1 fully saturated rings. The smallest absolute Gasteiger partial charge is 0.318 e. The SMILES string of the molecule is COc1nc(C)c2ncn([C@@H]3O[C@](C)(CO)[C@@H](O)[C@H]3F)c2n1. The van der Waals surface area contributed by atoms with Crippen molar-refractivity contribution in [1.82, 2.24) is 19.5 Å². The lowest BCUT2D eigenvalue weighted by Crippen LogP contribution is -2.42. The number of aliphatic hydroxyl groups excluding tert-OH is 2. The van der Waals surface area contributed by atoms with Crippen LogP contribution in [0.15, 0.2) is 6.33 Å². The van der Waals surface area contributed by atoms with Crippen molar-refractivity contribution in [3.05, 3.63) is 12.0 Å². The predicted molar refractivity (Wildman–Crippen MR) is 73.1 cm³/mol. The summed E-state index contributed by atoms with van der Waals surface area (Å²) in [5.41, 5.74) is 0.0295. The van der Waals surface area contributed by atoms with Crippen LogP contribution in [-0.2, 0) is 4.74 Å². The minimum Gasteiger partial charge on any atom is -0.467 e. The van der Waals surface area contributed by atoms with E-state index in [0.29, 0.717) is 16.9 Å². The Labute approximate surface area is 125 Å². The highest BCUT2D eigenvalue weighted by Gasteiger charge is 2.53. The zero-order valence-corrected chi connectivity index (χ0v) is 12.4. The fourth-order valence-electron chi connectivity index (χ4n) is 2.55. The first-order valence-electron chi connectivity index (χ1n) is 6.77. The molecule has 0 amide bonds. The van der Waals surface area contributed by atoms with Gasteiger partial charge in [0.25, 0.3) is 0 Å². The van der Waals surface area contributed by atoms with Crippen LogP contribution in [0.2, 0.25) is 0 Å². The highest BCUT2D eigenvalue weighted by Crippen LogP contribution is 2.39. The summed E-state index contributed by atoms with van der Waals surface area (Å²) in [7, 11) is 1.43. The average molecular weight is 312 g/mol. The molecule has 0 bridgehead atoms. The zero-order valence-electron chi connectivity index (χ0n) is 12.4. The van der Waals surface area contributed by atoms with E-state index in [9.17, 15) is 14.6 Å². The van der Waals surface area contributed by atoms with Crippen molar-refractivity contribution in [3.63, 3.8) is 0 Å². The molecule has 0 saturated carbocycles. The van der Waals surface area contributed by atoms with Crippen LogP contribution in [0.25, 0.3) is 11.2 Å². The van der Waals surface area contributed by atoms with E-state index in [4.69, 9.17) is 9.47 Å². The molecule has 1 aliphatic rings. The molecular formula is C13H17FN4O4. The van der Waals surface area contributed by atoms with Gasteiger partial charge in [-0.05, 0) is 13.8 Å². The third kappa shape index (κ3) is 2.04. The molecule has 3 heterocycles. The van der Waals surface area contributed by atoms with Gasteiger partial charge in [0.1, 0.15) is 17.2 Å². The van der Waals surface area contributed by atoms with Gasteiger partial charge < -0.3 is 19.7 Å². The maximum atomic E-state index is 14.4. The van der Waals surface area contributed by atoms with Crippen molar-refractivity contribution < 1.29 is 24.1 Å². The number of hydrogen-bond acceptors (Lipinski definition) is 7. The Kier molecular flexibility index (Phi) is 3.50. The van der Waals surface area contributed by atoms with E-state index in [0.717, 1.165) is 0 Å². The number of imidazole rings is 1. The van der Waals surface area contributed by atoms with Gasteiger partial charge in [-0.2, -0.15) is 9.97 Å². The zero-order chi connectivity index (χ0) is 16.1. The Bertz CT molecular complexity index is 709. The van der Waals surface area contributed by atoms with Gasteiger partial charge in [-0.1, -0.05) is 0 Å². The van der Waals surface area contributed by atoms with Gasteiger partial charge in [0.15, 0.2) is 18.0 Å². The summed E-state index contributed by atoms with van der Waals surface area (Å²) in [5.74, 6) is 0. The maximum absolute atomic E-state index is 14.4. The lowest BCUT2D eigenvalue weighted by atomic mass is 9.99. The monoisotopic (exact) mass is 312 g/mol. The fraction of sp³-hybridized carbons (Fsp3) is 0.615. The number of methoxy groups -OCH3 is 1. The Balaban J connectivity index is 2.09. The summed E-state index contributed by atoms with van der Waals surface area (Å²) >= 11 is 0. The summed E-state index contributed by atoms with van der Waals surface area (Å²) in [6, 6.07) is 0.130. The highest BCUT2D eigenvalue weighted by molar-refractivity contribution is 5.73. The van der Waals surface area contributed by atoms with Crippen molar-refractivity contribution in [2.75, 3.05) is 13.7 Å². The standard InChI is InChI=1S/C13H17FN4O4/c1-6-8-10(17-12(16-6)21-3)18(5-15-8)11-7(14)9(20)13(2,4-19)22-11/h5,7,9,11,19-20H,4H2,1-3H3/t7-,9+,11-,13-/m1/s1. The van der Waals surface area contributed by atoms with Crippen molar-refractivity contribution in [2.24, 2.45) is 0 Å². The van der Waals surface area contributed by atoms with Gasteiger partial charge in [0, 0.05) is 0 Å². The number of ether oxygens (including phenoxy) is 2. The molecule has 0 radical (unpaired) electrons. The molecule has 0 aliphatic carbocycles. The van der Waals surface area contributed by atoms with Crippen LogP contribution in [0.1, 0.15) is 18.8 Å². The molecule has 1 saturated heterocycles. The van der Waals surface area contributed by atoms with E-state index in [-0.39, 0.29) is 6.01 Å². The largest absolute Gasteiger partial charge is 0.467 e. The molecule has 9 heteroatoms. The van der Waals surface area contributed by atoms with E-state index < -0.39 is 30.7 Å². The van der Waals surface area contributed by atoms with Gasteiger partial charge in [-0.15, -0.1) is 0 Å². The first kappa shape index (κ1) is 15.1. The Morgan fingerprint density at radius 2 is 2.23 bits per heavy atom. The van der Waals surface area contributed by atoms with Crippen LogP contribution in [0.4, 0.5) is 4.39 Å². The number of hydrogen-bond donors (Lipinski definition) is 2. The topological polar surface area (TPSA) is 103 Å². The molecule has 0 aromatic carbocycles. The van der Waals surface area contributed by atoms with E-state index in [2.05, 4.69) is 15.0 Å². The van der Waals surface area contributed by atoms with Gasteiger partial charge >= 0.3 is 6.01 Å². The van der Waals surface area contributed by atoms with Crippen LogP contribution < -0.4 is 4.74 Å².